The highest BCUT2D eigenvalue weighted by molar-refractivity contribution is 5.88. The van der Waals surface area contributed by atoms with Crippen molar-refractivity contribution in [3.05, 3.63) is 30.3 Å². The second-order valence-electron chi connectivity index (χ2n) is 4.89. The minimum absolute atomic E-state index is 0.0892. The zero-order valence-corrected chi connectivity index (χ0v) is 11.1. The molecule has 2 aromatic rings. The number of aliphatic hydroxyl groups is 1. The van der Waals surface area contributed by atoms with Crippen LogP contribution in [0.3, 0.4) is 0 Å². The monoisotopic (exact) mass is 263 g/mol. The zero-order valence-electron chi connectivity index (χ0n) is 11.1. The van der Waals surface area contributed by atoms with E-state index in [0.29, 0.717) is 29.1 Å². The van der Waals surface area contributed by atoms with Crippen molar-refractivity contribution in [2.24, 2.45) is 5.92 Å². The Kier molecular flexibility index (Phi) is 4.27. The predicted molar refractivity (Wildman–Crippen MR) is 73.4 cm³/mol. The maximum absolute atomic E-state index is 13.3. The lowest BCUT2D eigenvalue weighted by molar-refractivity contribution is 0.267. The van der Waals surface area contributed by atoms with E-state index in [1.807, 2.05) is 0 Å². The van der Waals surface area contributed by atoms with Gasteiger partial charge in [0.05, 0.1) is 5.52 Å². The zero-order chi connectivity index (χ0) is 13.8. The van der Waals surface area contributed by atoms with Gasteiger partial charge in [-0.3, -0.25) is 0 Å². The van der Waals surface area contributed by atoms with Crippen molar-refractivity contribution in [1.29, 1.82) is 0 Å². The van der Waals surface area contributed by atoms with Crippen LogP contribution in [0.5, 0.6) is 0 Å². The predicted octanol–water partition coefficient (Wildman–Crippen LogP) is 2.59. The van der Waals surface area contributed by atoms with Crippen LogP contribution in [0.15, 0.2) is 24.5 Å². The second-order valence-corrected chi connectivity index (χ2v) is 4.89. The number of benzene rings is 1. The smallest absolute Gasteiger partial charge is 0.137 e. The van der Waals surface area contributed by atoms with E-state index in [4.69, 9.17) is 5.11 Å². The molecular weight excluding hydrogens is 245 g/mol. The molecular formula is C14H18FN3O. The number of halogens is 1. The largest absolute Gasteiger partial charge is 0.396 e. The Hall–Kier alpha value is -1.75. The van der Waals surface area contributed by atoms with E-state index < -0.39 is 0 Å². The van der Waals surface area contributed by atoms with Gasteiger partial charge in [-0.2, -0.15) is 0 Å². The Morgan fingerprint density at radius 3 is 2.79 bits per heavy atom. The first-order chi connectivity index (χ1) is 9.11. The summed E-state index contributed by atoms with van der Waals surface area (Å²) in [6.07, 6.45) is 2.08. The van der Waals surface area contributed by atoms with Gasteiger partial charge in [-0.15, -0.1) is 0 Å². The van der Waals surface area contributed by atoms with Crippen molar-refractivity contribution >= 4 is 16.7 Å². The number of aromatic nitrogens is 2. The highest BCUT2D eigenvalue weighted by Gasteiger charge is 2.15. The van der Waals surface area contributed by atoms with Crippen LogP contribution in [0.2, 0.25) is 0 Å². The van der Waals surface area contributed by atoms with Gasteiger partial charge in [-0.25, -0.2) is 14.4 Å². The molecule has 0 fully saturated rings. The fraction of sp³-hybridized carbons (Fsp3) is 0.429. The highest BCUT2D eigenvalue weighted by Crippen LogP contribution is 2.22. The summed E-state index contributed by atoms with van der Waals surface area (Å²) in [5.41, 5.74) is 0.699. The molecule has 0 spiro atoms. The molecule has 2 N–H and O–H groups in total. The molecule has 1 atom stereocenters. The van der Waals surface area contributed by atoms with Gasteiger partial charge in [0.25, 0.3) is 0 Å². The third-order valence-corrected chi connectivity index (χ3v) is 3.16. The number of rotatable bonds is 5. The van der Waals surface area contributed by atoms with E-state index >= 15 is 0 Å². The lowest BCUT2D eigenvalue weighted by Gasteiger charge is -2.22. The molecule has 0 aliphatic rings. The summed E-state index contributed by atoms with van der Waals surface area (Å²) in [6.45, 7) is 4.24. The topological polar surface area (TPSA) is 58.0 Å². The summed E-state index contributed by atoms with van der Waals surface area (Å²) in [4.78, 5) is 8.30. The minimum atomic E-state index is -0.311. The van der Waals surface area contributed by atoms with E-state index in [2.05, 4.69) is 29.1 Å². The van der Waals surface area contributed by atoms with Crippen LogP contribution in [-0.4, -0.2) is 27.7 Å². The summed E-state index contributed by atoms with van der Waals surface area (Å²) < 4.78 is 13.3. The van der Waals surface area contributed by atoms with Crippen LogP contribution in [0.1, 0.15) is 20.3 Å². The first kappa shape index (κ1) is 13.7. The Morgan fingerprint density at radius 2 is 2.11 bits per heavy atom. The first-order valence-corrected chi connectivity index (χ1v) is 6.39. The summed E-state index contributed by atoms with van der Waals surface area (Å²) in [5.74, 6) is 0.635. The molecule has 1 unspecified atom stereocenters. The van der Waals surface area contributed by atoms with Crippen LogP contribution in [0.4, 0.5) is 10.2 Å². The van der Waals surface area contributed by atoms with Gasteiger partial charge >= 0.3 is 0 Å². The number of nitrogens with one attached hydrogen (secondary N) is 1. The number of nitrogens with zero attached hydrogens (tertiary/aromatic N) is 2. The molecule has 0 aliphatic heterocycles. The SMILES string of the molecule is CC(C)C(CCO)Nc1ncnc2ccc(F)cc12. The van der Waals surface area contributed by atoms with Gasteiger partial charge in [0.15, 0.2) is 0 Å². The van der Waals surface area contributed by atoms with Crippen LogP contribution in [0.25, 0.3) is 10.9 Å². The molecule has 0 saturated carbocycles. The van der Waals surface area contributed by atoms with Crippen molar-refractivity contribution < 1.29 is 9.50 Å². The van der Waals surface area contributed by atoms with Gasteiger partial charge in [0, 0.05) is 18.0 Å². The summed E-state index contributed by atoms with van der Waals surface area (Å²) in [6, 6.07) is 4.53. The molecule has 4 nitrogen and oxygen atoms in total. The normalized spacial score (nSPS) is 12.9. The Balaban J connectivity index is 2.36. The van der Waals surface area contributed by atoms with E-state index in [1.165, 1.54) is 18.5 Å². The van der Waals surface area contributed by atoms with E-state index in [9.17, 15) is 4.39 Å². The summed E-state index contributed by atoms with van der Waals surface area (Å²) in [7, 11) is 0. The average molecular weight is 263 g/mol. The number of hydrogen-bond donors (Lipinski definition) is 2. The van der Waals surface area contributed by atoms with Gasteiger partial charge in [0.1, 0.15) is 18.0 Å². The molecule has 0 bridgehead atoms. The van der Waals surface area contributed by atoms with E-state index in [0.717, 1.165) is 0 Å². The van der Waals surface area contributed by atoms with Gasteiger partial charge in [-0.05, 0) is 30.5 Å². The van der Waals surface area contributed by atoms with Crippen molar-refractivity contribution in [2.45, 2.75) is 26.3 Å². The molecule has 1 aromatic heterocycles. The molecule has 1 aromatic carbocycles. The maximum Gasteiger partial charge on any atom is 0.137 e. The number of aliphatic hydroxyl groups excluding tert-OH is 1. The van der Waals surface area contributed by atoms with Crippen LogP contribution >= 0.6 is 0 Å². The Bertz CT molecular complexity index is 559. The lowest BCUT2D eigenvalue weighted by atomic mass is 10.0. The quantitative estimate of drug-likeness (QED) is 0.870. The van der Waals surface area contributed by atoms with Gasteiger partial charge in [0.2, 0.25) is 0 Å². The number of hydrogen-bond acceptors (Lipinski definition) is 4. The van der Waals surface area contributed by atoms with Crippen molar-refractivity contribution in [1.82, 2.24) is 9.97 Å². The molecule has 5 heteroatoms. The molecule has 2 rings (SSSR count). The number of anilines is 1. The Labute approximate surface area is 111 Å². The third kappa shape index (κ3) is 3.17. The fourth-order valence-corrected chi connectivity index (χ4v) is 2.03. The minimum Gasteiger partial charge on any atom is -0.396 e. The van der Waals surface area contributed by atoms with E-state index in [-0.39, 0.29) is 18.5 Å². The third-order valence-electron chi connectivity index (χ3n) is 3.16. The molecule has 102 valence electrons. The molecule has 0 saturated heterocycles. The molecule has 1 heterocycles. The molecule has 0 radical (unpaired) electrons. The molecule has 0 amide bonds. The van der Waals surface area contributed by atoms with Crippen molar-refractivity contribution in [2.75, 3.05) is 11.9 Å². The van der Waals surface area contributed by atoms with E-state index in [1.54, 1.807) is 6.07 Å². The highest BCUT2D eigenvalue weighted by atomic mass is 19.1. The van der Waals surface area contributed by atoms with Crippen LogP contribution < -0.4 is 5.32 Å². The standard InChI is InChI=1S/C14H18FN3O/c1-9(2)12(5-6-19)18-14-11-7-10(15)3-4-13(11)16-8-17-14/h3-4,7-9,12,19H,5-6H2,1-2H3,(H,16,17,18). The van der Waals surface area contributed by atoms with Gasteiger partial charge < -0.3 is 10.4 Å². The summed E-state index contributed by atoms with van der Waals surface area (Å²) >= 11 is 0. The van der Waals surface area contributed by atoms with Gasteiger partial charge in [-0.1, -0.05) is 13.8 Å². The number of fused-ring (bicyclic) bond motifs is 1. The van der Waals surface area contributed by atoms with Crippen molar-refractivity contribution in [3.63, 3.8) is 0 Å². The fourth-order valence-electron chi connectivity index (χ4n) is 2.03. The first-order valence-electron chi connectivity index (χ1n) is 6.39. The van der Waals surface area contributed by atoms with Crippen molar-refractivity contribution in [3.8, 4) is 0 Å². The van der Waals surface area contributed by atoms with Crippen LogP contribution in [-0.2, 0) is 0 Å². The molecule has 19 heavy (non-hydrogen) atoms. The summed E-state index contributed by atoms with van der Waals surface area (Å²) in [5, 5.41) is 13.0. The molecule has 0 aliphatic carbocycles. The second kappa shape index (κ2) is 5.93. The Morgan fingerprint density at radius 1 is 1.32 bits per heavy atom. The van der Waals surface area contributed by atoms with Crippen LogP contribution in [0, 0.1) is 11.7 Å². The lowest BCUT2D eigenvalue weighted by Crippen LogP contribution is -2.27. The average Bonchev–Trinajstić information content (AvgIpc) is 2.38. The maximum atomic E-state index is 13.3.